The SMILES string of the molecule is CCCC(CNC(=O)C1(c2ccc(C)cc2)CCOCC1)C(=O)O. The lowest BCUT2D eigenvalue weighted by molar-refractivity contribution is -0.142. The third kappa shape index (κ3) is 4.15. The molecule has 1 aliphatic rings. The highest BCUT2D eigenvalue weighted by molar-refractivity contribution is 5.88. The largest absolute Gasteiger partial charge is 0.481 e. The van der Waals surface area contributed by atoms with Gasteiger partial charge in [0, 0.05) is 19.8 Å². The maximum Gasteiger partial charge on any atom is 0.308 e. The van der Waals surface area contributed by atoms with Crippen LogP contribution in [0, 0.1) is 12.8 Å². The van der Waals surface area contributed by atoms with Gasteiger partial charge >= 0.3 is 5.97 Å². The molecular weight excluding hydrogens is 306 g/mol. The number of hydrogen-bond acceptors (Lipinski definition) is 3. The second-order valence-electron chi connectivity index (χ2n) is 6.59. The van der Waals surface area contributed by atoms with Crippen molar-refractivity contribution in [1.29, 1.82) is 0 Å². The molecule has 0 spiro atoms. The Balaban J connectivity index is 2.16. The molecule has 0 bridgehead atoms. The summed E-state index contributed by atoms with van der Waals surface area (Å²) in [7, 11) is 0. The summed E-state index contributed by atoms with van der Waals surface area (Å²) in [5.41, 5.74) is 1.51. The molecule has 1 aromatic rings. The molecule has 1 atom stereocenters. The van der Waals surface area contributed by atoms with Gasteiger partial charge in [0.15, 0.2) is 0 Å². The maximum atomic E-state index is 13.0. The monoisotopic (exact) mass is 333 g/mol. The number of nitrogens with one attached hydrogen (secondary N) is 1. The van der Waals surface area contributed by atoms with Gasteiger partial charge in [0.2, 0.25) is 5.91 Å². The highest BCUT2D eigenvalue weighted by Gasteiger charge is 2.41. The van der Waals surface area contributed by atoms with Crippen LogP contribution in [0.1, 0.15) is 43.7 Å². The summed E-state index contributed by atoms with van der Waals surface area (Å²) in [6.45, 7) is 5.22. The molecule has 0 saturated carbocycles. The zero-order chi connectivity index (χ0) is 17.6. The number of carboxylic acid groups (broad SMARTS) is 1. The number of carboxylic acids is 1. The van der Waals surface area contributed by atoms with Crippen molar-refractivity contribution in [3.63, 3.8) is 0 Å². The van der Waals surface area contributed by atoms with Crippen LogP contribution in [-0.2, 0) is 19.7 Å². The third-order valence-corrected chi connectivity index (χ3v) is 4.88. The van der Waals surface area contributed by atoms with E-state index in [0.717, 1.165) is 17.5 Å². The predicted octanol–water partition coefficient (Wildman–Crippen LogP) is 2.66. The van der Waals surface area contributed by atoms with Crippen LogP contribution in [0.25, 0.3) is 0 Å². The summed E-state index contributed by atoms with van der Waals surface area (Å²) in [6, 6.07) is 8.02. The molecule has 132 valence electrons. The molecule has 1 unspecified atom stereocenters. The van der Waals surface area contributed by atoms with Crippen LogP contribution >= 0.6 is 0 Å². The van der Waals surface area contributed by atoms with Gasteiger partial charge in [-0.1, -0.05) is 43.2 Å². The van der Waals surface area contributed by atoms with Crippen LogP contribution in [0.15, 0.2) is 24.3 Å². The normalized spacial score (nSPS) is 17.9. The minimum Gasteiger partial charge on any atom is -0.481 e. The standard InChI is InChI=1S/C19H27NO4/c1-3-4-15(17(21)22)13-20-18(23)19(9-11-24-12-10-19)16-7-5-14(2)6-8-16/h5-8,15H,3-4,9-13H2,1-2H3,(H,20,23)(H,21,22). The van der Waals surface area contributed by atoms with E-state index < -0.39 is 17.3 Å². The van der Waals surface area contributed by atoms with Crippen molar-refractivity contribution in [2.24, 2.45) is 5.92 Å². The molecule has 2 rings (SSSR count). The fourth-order valence-corrected chi connectivity index (χ4v) is 3.29. The Morgan fingerprint density at radius 1 is 1.25 bits per heavy atom. The average Bonchev–Trinajstić information content (AvgIpc) is 2.59. The molecule has 1 amide bonds. The van der Waals surface area contributed by atoms with Gasteiger partial charge in [-0.3, -0.25) is 9.59 Å². The molecule has 0 radical (unpaired) electrons. The molecule has 5 nitrogen and oxygen atoms in total. The fraction of sp³-hybridized carbons (Fsp3) is 0.579. The quantitative estimate of drug-likeness (QED) is 0.804. The molecular formula is C19H27NO4. The van der Waals surface area contributed by atoms with Crippen LogP contribution in [-0.4, -0.2) is 36.7 Å². The van der Waals surface area contributed by atoms with Gasteiger partial charge in [0.1, 0.15) is 0 Å². The third-order valence-electron chi connectivity index (χ3n) is 4.88. The summed E-state index contributed by atoms with van der Waals surface area (Å²) in [4.78, 5) is 24.3. The molecule has 0 aliphatic carbocycles. The van der Waals surface area contributed by atoms with Crippen molar-refractivity contribution in [3.8, 4) is 0 Å². The summed E-state index contributed by atoms with van der Waals surface area (Å²) >= 11 is 0. The van der Waals surface area contributed by atoms with Crippen molar-refractivity contribution in [2.45, 2.75) is 44.9 Å². The smallest absolute Gasteiger partial charge is 0.308 e. The molecule has 1 aromatic carbocycles. The van der Waals surface area contributed by atoms with E-state index in [9.17, 15) is 14.7 Å². The minimum atomic E-state index is -0.853. The van der Waals surface area contributed by atoms with E-state index in [1.165, 1.54) is 0 Å². The second kappa shape index (κ2) is 8.29. The Bertz CT molecular complexity index is 561. The lowest BCUT2D eigenvalue weighted by Crippen LogP contribution is -2.49. The van der Waals surface area contributed by atoms with E-state index >= 15 is 0 Å². The number of rotatable bonds is 7. The number of ether oxygens (including phenoxy) is 1. The topological polar surface area (TPSA) is 75.6 Å². The summed E-state index contributed by atoms with van der Waals surface area (Å²) in [5, 5.41) is 12.2. The first kappa shape index (κ1) is 18.5. The number of hydrogen-bond donors (Lipinski definition) is 2. The van der Waals surface area contributed by atoms with Crippen molar-refractivity contribution < 1.29 is 19.4 Å². The molecule has 5 heteroatoms. The number of aliphatic carboxylic acids is 1. The molecule has 24 heavy (non-hydrogen) atoms. The second-order valence-corrected chi connectivity index (χ2v) is 6.59. The summed E-state index contributed by atoms with van der Waals surface area (Å²) in [6.07, 6.45) is 2.58. The molecule has 1 fully saturated rings. The van der Waals surface area contributed by atoms with Crippen molar-refractivity contribution in [2.75, 3.05) is 19.8 Å². The van der Waals surface area contributed by atoms with E-state index in [1.807, 2.05) is 38.1 Å². The molecule has 2 N–H and O–H groups in total. The molecule has 1 saturated heterocycles. The van der Waals surface area contributed by atoms with Gasteiger partial charge in [-0.15, -0.1) is 0 Å². The Morgan fingerprint density at radius 3 is 2.42 bits per heavy atom. The van der Waals surface area contributed by atoms with Gasteiger partial charge in [0.05, 0.1) is 11.3 Å². The van der Waals surface area contributed by atoms with Crippen molar-refractivity contribution in [1.82, 2.24) is 5.32 Å². The van der Waals surface area contributed by atoms with Crippen LogP contribution in [0.5, 0.6) is 0 Å². The number of aryl methyl sites for hydroxylation is 1. The van der Waals surface area contributed by atoms with Crippen LogP contribution in [0.2, 0.25) is 0 Å². The van der Waals surface area contributed by atoms with Crippen LogP contribution in [0.4, 0.5) is 0 Å². The van der Waals surface area contributed by atoms with Gasteiger partial charge < -0.3 is 15.2 Å². The van der Waals surface area contributed by atoms with Crippen LogP contribution < -0.4 is 5.32 Å². The lowest BCUT2D eigenvalue weighted by atomic mass is 9.73. The van der Waals surface area contributed by atoms with E-state index in [1.54, 1.807) is 0 Å². The number of carbonyl (C=O) groups is 2. The Hall–Kier alpha value is -1.88. The van der Waals surface area contributed by atoms with Crippen LogP contribution in [0.3, 0.4) is 0 Å². The Labute approximate surface area is 143 Å². The van der Waals surface area contributed by atoms with E-state index in [2.05, 4.69) is 5.32 Å². The van der Waals surface area contributed by atoms with Gasteiger partial charge in [-0.2, -0.15) is 0 Å². The van der Waals surface area contributed by atoms with Gasteiger partial charge in [0.25, 0.3) is 0 Å². The first-order valence-electron chi connectivity index (χ1n) is 8.65. The van der Waals surface area contributed by atoms with Gasteiger partial charge in [-0.25, -0.2) is 0 Å². The average molecular weight is 333 g/mol. The van der Waals surface area contributed by atoms with E-state index in [4.69, 9.17) is 4.74 Å². The predicted molar refractivity (Wildman–Crippen MR) is 92.0 cm³/mol. The molecule has 0 aromatic heterocycles. The van der Waals surface area contributed by atoms with E-state index in [0.29, 0.717) is 32.5 Å². The number of carbonyl (C=O) groups excluding carboxylic acids is 1. The zero-order valence-electron chi connectivity index (χ0n) is 14.5. The molecule has 1 heterocycles. The maximum absolute atomic E-state index is 13.0. The Kier molecular flexibility index (Phi) is 6.37. The summed E-state index contributed by atoms with van der Waals surface area (Å²) < 4.78 is 5.45. The first-order chi connectivity index (χ1) is 11.5. The lowest BCUT2D eigenvalue weighted by Gasteiger charge is -2.36. The van der Waals surface area contributed by atoms with E-state index in [-0.39, 0.29) is 12.5 Å². The number of amides is 1. The van der Waals surface area contributed by atoms with Gasteiger partial charge in [-0.05, 0) is 31.7 Å². The van der Waals surface area contributed by atoms with Crippen molar-refractivity contribution >= 4 is 11.9 Å². The fourth-order valence-electron chi connectivity index (χ4n) is 3.29. The first-order valence-corrected chi connectivity index (χ1v) is 8.65. The van der Waals surface area contributed by atoms with Crippen molar-refractivity contribution in [3.05, 3.63) is 35.4 Å². The Morgan fingerprint density at radius 2 is 1.88 bits per heavy atom. The summed E-state index contributed by atoms with van der Waals surface area (Å²) in [5.74, 6) is -1.47. The highest BCUT2D eigenvalue weighted by atomic mass is 16.5. The highest BCUT2D eigenvalue weighted by Crippen LogP contribution is 2.35. The number of benzene rings is 1. The minimum absolute atomic E-state index is 0.0861. The molecule has 1 aliphatic heterocycles. The zero-order valence-corrected chi connectivity index (χ0v) is 14.5.